The molecule has 4 rings (SSSR count). The number of hydrogen-bond donors (Lipinski definition) is 1. The molecule has 1 amide bonds. The monoisotopic (exact) mass is 315 g/mol. The van der Waals surface area contributed by atoms with E-state index in [2.05, 4.69) is 10.4 Å². The summed E-state index contributed by atoms with van der Waals surface area (Å²) in [6.45, 7) is 1.45. The molecule has 0 saturated heterocycles. The Bertz CT molecular complexity index is 711. The fourth-order valence-electron chi connectivity index (χ4n) is 2.97. The number of ether oxygens (including phenoxy) is 1. The van der Waals surface area contributed by atoms with Crippen LogP contribution in [0.2, 0.25) is 0 Å². The van der Waals surface area contributed by atoms with Crippen LogP contribution in [-0.4, -0.2) is 27.8 Å². The molecule has 6 heteroatoms. The zero-order chi connectivity index (χ0) is 15.9. The van der Waals surface area contributed by atoms with Crippen molar-refractivity contribution in [3.05, 3.63) is 47.4 Å². The zero-order valence-corrected chi connectivity index (χ0v) is 12.7. The second-order valence-electron chi connectivity index (χ2n) is 6.33. The highest BCUT2D eigenvalue weighted by atomic mass is 19.1. The molecule has 1 aliphatic carbocycles. The van der Waals surface area contributed by atoms with Crippen molar-refractivity contribution in [2.75, 3.05) is 6.61 Å². The first-order valence-corrected chi connectivity index (χ1v) is 7.91. The molecule has 2 aromatic rings. The standard InChI is InChI=1S/C17H18FN3O2/c18-13-4-2-12(3-5-13)11-17(6-7-17)19-16(22)14-10-15-21(20-14)8-1-9-23-15/h2-5,10H,1,6-9,11H2,(H,19,22). The first-order chi connectivity index (χ1) is 11.1. The molecule has 0 spiro atoms. The molecule has 120 valence electrons. The Kier molecular flexibility index (Phi) is 3.32. The van der Waals surface area contributed by atoms with Gasteiger partial charge in [-0.2, -0.15) is 5.10 Å². The smallest absolute Gasteiger partial charge is 0.272 e. The third-order valence-corrected chi connectivity index (χ3v) is 4.43. The minimum atomic E-state index is -0.244. The predicted octanol–water partition coefficient (Wildman–Crippen LogP) is 2.31. The van der Waals surface area contributed by atoms with E-state index in [1.54, 1.807) is 22.9 Å². The number of aryl methyl sites for hydroxylation is 1. The van der Waals surface area contributed by atoms with Crippen molar-refractivity contribution in [2.24, 2.45) is 0 Å². The van der Waals surface area contributed by atoms with Crippen LogP contribution in [0.5, 0.6) is 5.88 Å². The van der Waals surface area contributed by atoms with Crippen LogP contribution in [0.4, 0.5) is 4.39 Å². The van der Waals surface area contributed by atoms with Gasteiger partial charge >= 0.3 is 0 Å². The number of fused-ring (bicyclic) bond motifs is 1. The maximum Gasteiger partial charge on any atom is 0.272 e. The SMILES string of the molecule is O=C(NC1(Cc2ccc(F)cc2)CC1)c1cc2n(n1)CCCO2. The van der Waals surface area contributed by atoms with Crippen molar-refractivity contribution in [3.63, 3.8) is 0 Å². The Morgan fingerprint density at radius 3 is 2.83 bits per heavy atom. The van der Waals surface area contributed by atoms with Gasteiger partial charge in [-0.15, -0.1) is 0 Å². The Hall–Kier alpha value is -2.37. The second-order valence-corrected chi connectivity index (χ2v) is 6.33. The molecular weight excluding hydrogens is 297 g/mol. The van der Waals surface area contributed by atoms with Gasteiger partial charge in [0.1, 0.15) is 5.82 Å². The maximum absolute atomic E-state index is 13.0. The van der Waals surface area contributed by atoms with Gasteiger partial charge in [0.05, 0.1) is 6.61 Å². The third-order valence-electron chi connectivity index (χ3n) is 4.43. The van der Waals surface area contributed by atoms with E-state index in [0.717, 1.165) is 31.4 Å². The van der Waals surface area contributed by atoms with Crippen LogP contribution >= 0.6 is 0 Å². The lowest BCUT2D eigenvalue weighted by atomic mass is 10.0. The normalized spacial score (nSPS) is 18.0. The molecule has 0 bridgehead atoms. The van der Waals surface area contributed by atoms with Gasteiger partial charge in [0.2, 0.25) is 5.88 Å². The number of halogens is 1. The van der Waals surface area contributed by atoms with Crippen molar-refractivity contribution in [2.45, 2.75) is 37.8 Å². The van der Waals surface area contributed by atoms with Crippen LogP contribution in [0, 0.1) is 5.82 Å². The van der Waals surface area contributed by atoms with E-state index in [1.165, 1.54) is 12.1 Å². The van der Waals surface area contributed by atoms with Crippen molar-refractivity contribution < 1.29 is 13.9 Å². The summed E-state index contributed by atoms with van der Waals surface area (Å²) in [7, 11) is 0. The van der Waals surface area contributed by atoms with E-state index >= 15 is 0 Å². The highest BCUT2D eigenvalue weighted by Gasteiger charge is 2.44. The number of rotatable bonds is 4. The maximum atomic E-state index is 13.0. The summed E-state index contributed by atoms with van der Waals surface area (Å²) in [4.78, 5) is 12.5. The Morgan fingerprint density at radius 1 is 1.35 bits per heavy atom. The fraction of sp³-hybridized carbons (Fsp3) is 0.412. The molecule has 2 heterocycles. The van der Waals surface area contributed by atoms with Gasteiger partial charge < -0.3 is 10.1 Å². The summed E-state index contributed by atoms with van der Waals surface area (Å²) in [5, 5.41) is 7.40. The van der Waals surface area contributed by atoms with Crippen molar-refractivity contribution >= 4 is 5.91 Å². The first kappa shape index (κ1) is 14.2. The number of nitrogens with one attached hydrogen (secondary N) is 1. The molecule has 1 aromatic carbocycles. The minimum absolute atomic E-state index is 0.171. The average Bonchev–Trinajstić information content (AvgIpc) is 3.15. The number of hydrogen-bond acceptors (Lipinski definition) is 3. The van der Waals surface area contributed by atoms with E-state index in [9.17, 15) is 9.18 Å². The largest absolute Gasteiger partial charge is 0.478 e. The third kappa shape index (κ3) is 2.93. The summed E-state index contributed by atoms with van der Waals surface area (Å²) in [5.74, 6) is 0.242. The van der Waals surface area contributed by atoms with Crippen LogP contribution in [0.3, 0.4) is 0 Å². The van der Waals surface area contributed by atoms with Gasteiger partial charge in [-0.3, -0.25) is 4.79 Å². The Morgan fingerprint density at radius 2 is 2.13 bits per heavy atom. The second kappa shape index (κ2) is 5.37. The zero-order valence-electron chi connectivity index (χ0n) is 12.7. The van der Waals surface area contributed by atoms with Crippen LogP contribution in [-0.2, 0) is 13.0 Å². The molecule has 1 N–H and O–H groups in total. The van der Waals surface area contributed by atoms with E-state index < -0.39 is 0 Å². The summed E-state index contributed by atoms with van der Waals surface area (Å²) in [6, 6.07) is 8.14. The number of amides is 1. The van der Waals surface area contributed by atoms with Crippen LogP contribution in [0.15, 0.2) is 30.3 Å². The summed E-state index contributed by atoms with van der Waals surface area (Å²) < 4.78 is 20.2. The Balaban J connectivity index is 1.45. The van der Waals surface area contributed by atoms with Gasteiger partial charge in [0, 0.05) is 24.6 Å². The van der Waals surface area contributed by atoms with Gasteiger partial charge in [-0.05, 0) is 37.0 Å². The van der Waals surface area contributed by atoms with Gasteiger partial charge in [0.15, 0.2) is 5.69 Å². The topological polar surface area (TPSA) is 56.2 Å². The van der Waals surface area contributed by atoms with Gasteiger partial charge in [-0.1, -0.05) is 12.1 Å². The molecule has 23 heavy (non-hydrogen) atoms. The number of carbonyl (C=O) groups excluding carboxylic acids is 1. The van der Waals surface area contributed by atoms with Gasteiger partial charge in [0.25, 0.3) is 5.91 Å². The summed E-state index contributed by atoms with van der Waals surface area (Å²) >= 11 is 0. The summed E-state index contributed by atoms with van der Waals surface area (Å²) in [6.07, 6.45) is 3.48. The number of benzene rings is 1. The molecule has 2 aliphatic rings. The lowest BCUT2D eigenvalue weighted by Gasteiger charge is -2.16. The highest BCUT2D eigenvalue weighted by molar-refractivity contribution is 5.93. The molecule has 1 aliphatic heterocycles. The molecule has 1 fully saturated rings. The molecular formula is C17H18FN3O2. The lowest BCUT2D eigenvalue weighted by molar-refractivity contribution is 0.0925. The van der Waals surface area contributed by atoms with Gasteiger partial charge in [-0.25, -0.2) is 9.07 Å². The fourth-order valence-corrected chi connectivity index (χ4v) is 2.97. The minimum Gasteiger partial charge on any atom is -0.478 e. The molecule has 0 unspecified atom stereocenters. The van der Waals surface area contributed by atoms with Crippen molar-refractivity contribution in [3.8, 4) is 5.88 Å². The quantitative estimate of drug-likeness (QED) is 0.942. The van der Waals surface area contributed by atoms with E-state index in [-0.39, 0.29) is 17.3 Å². The van der Waals surface area contributed by atoms with E-state index in [1.807, 2.05) is 0 Å². The molecule has 5 nitrogen and oxygen atoms in total. The molecule has 0 atom stereocenters. The van der Waals surface area contributed by atoms with Crippen LogP contribution < -0.4 is 10.1 Å². The summed E-state index contributed by atoms with van der Waals surface area (Å²) in [5.41, 5.74) is 1.20. The average molecular weight is 315 g/mol. The van der Waals surface area contributed by atoms with Crippen molar-refractivity contribution in [1.82, 2.24) is 15.1 Å². The lowest BCUT2D eigenvalue weighted by Crippen LogP contribution is -2.38. The van der Waals surface area contributed by atoms with Crippen LogP contribution in [0.1, 0.15) is 35.3 Å². The number of nitrogens with zero attached hydrogens (tertiary/aromatic N) is 2. The molecule has 1 aromatic heterocycles. The predicted molar refractivity (Wildman–Crippen MR) is 81.9 cm³/mol. The number of carbonyl (C=O) groups is 1. The highest BCUT2D eigenvalue weighted by Crippen LogP contribution is 2.39. The van der Waals surface area contributed by atoms with Crippen LogP contribution in [0.25, 0.3) is 0 Å². The Labute approximate surface area is 133 Å². The van der Waals surface area contributed by atoms with E-state index in [0.29, 0.717) is 24.6 Å². The number of aromatic nitrogens is 2. The van der Waals surface area contributed by atoms with E-state index in [4.69, 9.17) is 4.74 Å². The molecule has 1 saturated carbocycles. The first-order valence-electron chi connectivity index (χ1n) is 7.91. The molecule has 0 radical (unpaired) electrons. The van der Waals surface area contributed by atoms with Crippen molar-refractivity contribution in [1.29, 1.82) is 0 Å².